The lowest BCUT2D eigenvalue weighted by Gasteiger charge is -2.15. The standard InChI is InChI=1S/C18H18N2O3S2/c1-3-14-9-11-16(12-10-14)25(22,23)19-18-20(17(21)13(2)24-18)15-7-5-4-6-8-15/h4-13H,3H2,1-2H3. The third-order valence-corrected chi connectivity index (χ3v) is 6.32. The largest absolute Gasteiger partial charge is 0.284 e. The zero-order valence-corrected chi connectivity index (χ0v) is 15.5. The van der Waals surface area contributed by atoms with Crippen molar-refractivity contribution in [2.75, 3.05) is 4.90 Å². The Bertz CT molecular complexity index is 907. The van der Waals surface area contributed by atoms with Gasteiger partial charge >= 0.3 is 0 Å². The number of carbonyl (C=O) groups excluding carboxylic acids is 1. The first-order chi connectivity index (χ1) is 11.9. The van der Waals surface area contributed by atoms with Crippen molar-refractivity contribution in [1.82, 2.24) is 0 Å². The van der Waals surface area contributed by atoms with Gasteiger partial charge in [0.25, 0.3) is 10.0 Å². The van der Waals surface area contributed by atoms with E-state index in [0.29, 0.717) is 5.69 Å². The molecule has 0 spiro atoms. The topological polar surface area (TPSA) is 66.8 Å². The van der Waals surface area contributed by atoms with Crippen LogP contribution in [-0.4, -0.2) is 24.7 Å². The van der Waals surface area contributed by atoms with Gasteiger partial charge in [-0.2, -0.15) is 8.42 Å². The van der Waals surface area contributed by atoms with E-state index in [4.69, 9.17) is 0 Å². The lowest BCUT2D eigenvalue weighted by Crippen LogP contribution is -2.31. The van der Waals surface area contributed by atoms with Gasteiger partial charge in [0.15, 0.2) is 5.17 Å². The summed E-state index contributed by atoms with van der Waals surface area (Å²) in [6, 6.07) is 15.6. The molecule has 25 heavy (non-hydrogen) atoms. The predicted octanol–water partition coefficient (Wildman–Crippen LogP) is 3.46. The lowest BCUT2D eigenvalue weighted by atomic mass is 10.2. The van der Waals surface area contributed by atoms with Gasteiger partial charge in [-0.25, -0.2) is 0 Å². The van der Waals surface area contributed by atoms with Gasteiger partial charge in [0.1, 0.15) is 0 Å². The molecule has 3 rings (SSSR count). The Hall–Kier alpha value is -2.12. The van der Waals surface area contributed by atoms with Crippen LogP contribution in [0.1, 0.15) is 19.4 Å². The summed E-state index contributed by atoms with van der Waals surface area (Å²) in [6.45, 7) is 3.75. The fourth-order valence-corrected chi connectivity index (χ4v) is 4.63. The number of para-hydroxylation sites is 1. The van der Waals surface area contributed by atoms with Crippen molar-refractivity contribution in [2.45, 2.75) is 30.4 Å². The minimum absolute atomic E-state index is 0.123. The van der Waals surface area contributed by atoms with Crippen LogP contribution >= 0.6 is 11.8 Å². The van der Waals surface area contributed by atoms with Crippen molar-refractivity contribution in [2.24, 2.45) is 4.40 Å². The van der Waals surface area contributed by atoms with E-state index >= 15 is 0 Å². The molecule has 2 aromatic rings. The molecule has 1 fully saturated rings. The van der Waals surface area contributed by atoms with E-state index in [9.17, 15) is 13.2 Å². The first-order valence-electron chi connectivity index (χ1n) is 7.92. The van der Waals surface area contributed by atoms with Crippen LogP contribution in [-0.2, 0) is 21.2 Å². The highest BCUT2D eigenvalue weighted by molar-refractivity contribution is 8.16. The highest BCUT2D eigenvalue weighted by atomic mass is 32.2. The summed E-state index contributed by atoms with van der Waals surface area (Å²) in [5.41, 5.74) is 1.66. The molecule has 1 aliphatic rings. The van der Waals surface area contributed by atoms with E-state index in [0.717, 1.165) is 23.7 Å². The second kappa shape index (κ2) is 7.01. The molecule has 0 N–H and O–H groups in total. The molecule has 130 valence electrons. The number of hydrogen-bond donors (Lipinski definition) is 0. The number of anilines is 1. The smallest absolute Gasteiger partial charge is 0.273 e. The number of aryl methyl sites for hydroxylation is 1. The molecule has 0 aliphatic carbocycles. The van der Waals surface area contributed by atoms with Gasteiger partial charge in [-0.1, -0.05) is 49.0 Å². The molecule has 0 bridgehead atoms. The van der Waals surface area contributed by atoms with Crippen molar-refractivity contribution < 1.29 is 13.2 Å². The molecule has 1 heterocycles. The highest BCUT2D eigenvalue weighted by Crippen LogP contribution is 2.32. The second-order valence-corrected chi connectivity index (χ2v) is 8.53. The van der Waals surface area contributed by atoms with Gasteiger partial charge in [0, 0.05) is 0 Å². The van der Waals surface area contributed by atoms with E-state index in [1.807, 2.05) is 13.0 Å². The average molecular weight is 374 g/mol. The summed E-state index contributed by atoms with van der Waals surface area (Å²) in [7, 11) is -3.88. The van der Waals surface area contributed by atoms with Crippen molar-refractivity contribution in [3.63, 3.8) is 0 Å². The minimum atomic E-state index is -3.88. The molecule has 5 nitrogen and oxygen atoms in total. The average Bonchev–Trinajstić information content (AvgIpc) is 2.89. The molecule has 1 atom stereocenters. The first kappa shape index (κ1) is 17.7. The van der Waals surface area contributed by atoms with Crippen molar-refractivity contribution in [1.29, 1.82) is 0 Å². The number of thioether (sulfide) groups is 1. The molecule has 1 amide bonds. The van der Waals surface area contributed by atoms with Crippen LogP contribution in [0.25, 0.3) is 0 Å². The molecular weight excluding hydrogens is 356 g/mol. The van der Waals surface area contributed by atoms with Crippen LogP contribution in [0.2, 0.25) is 0 Å². The number of hydrogen-bond acceptors (Lipinski definition) is 4. The maximum absolute atomic E-state index is 12.6. The number of amides is 1. The normalized spacial score (nSPS) is 19.6. The number of benzene rings is 2. The summed E-state index contributed by atoms with van der Waals surface area (Å²) in [4.78, 5) is 13.9. The van der Waals surface area contributed by atoms with Crippen LogP contribution in [0.5, 0.6) is 0 Å². The van der Waals surface area contributed by atoms with Gasteiger partial charge in [0.05, 0.1) is 15.8 Å². The fourth-order valence-electron chi connectivity index (χ4n) is 2.47. The molecule has 0 saturated carbocycles. The Morgan fingerprint density at radius 1 is 1.08 bits per heavy atom. The van der Waals surface area contributed by atoms with Crippen molar-refractivity contribution in [3.05, 3.63) is 60.2 Å². The Morgan fingerprint density at radius 2 is 1.72 bits per heavy atom. The van der Waals surface area contributed by atoms with Crippen LogP contribution in [0.15, 0.2) is 63.9 Å². The van der Waals surface area contributed by atoms with Gasteiger partial charge in [-0.05, 0) is 43.2 Å². The van der Waals surface area contributed by atoms with E-state index in [1.165, 1.54) is 4.90 Å². The molecule has 7 heteroatoms. The number of sulfonamides is 1. The van der Waals surface area contributed by atoms with Gasteiger partial charge in [-0.3, -0.25) is 9.69 Å². The fraction of sp³-hybridized carbons (Fsp3) is 0.222. The Balaban J connectivity index is 2.01. The van der Waals surface area contributed by atoms with Crippen LogP contribution in [0, 0.1) is 0 Å². The van der Waals surface area contributed by atoms with Crippen LogP contribution in [0.4, 0.5) is 5.69 Å². The third-order valence-electron chi connectivity index (χ3n) is 3.88. The lowest BCUT2D eigenvalue weighted by molar-refractivity contribution is -0.116. The van der Waals surface area contributed by atoms with Gasteiger partial charge in [-0.15, -0.1) is 4.40 Å². The summed E-state index contributed by atoms with van der Waals surface area (Å²) in [5, 5.41) is -0.195. The monoisotopic (exact) mass is 374 g/mol. The summed E-state index contributed by atoms with van der Waals surface area (Å²) in [6.07, 6.45) is 0.832. The predicted molar refractivity (Wildman–Crippen MR) is 101 cm³/mol. The van der Waals surface area contributed by atoms with E-state index < -0.39 is 10.0 Å². The zero-order chi connectivity index (χ0) is 18.0. The van der Waals surface area contributed by atoms with E-state index in [1.54, 1.807) is 55.5 Å². The third kappa shape index (κ3) is 3.62. The minimum Gasteiger partial charge on any atom is -0.273 e. The molecule has 1 saturated heterocycles. The quantitative estimate of drug-likeness (QED) is 0.822. The maximum Gasteiger partial charge on any atom is 0.284 e. The molecule has 0 aromatic heterocycles. The number of rotatable bonds is 4. The first-order valence-corrected chi connectivity index (χ1v) is 10.2. The SMILES string of the molecule is CCc1ccc(S(=O)(=O)N=C2SC(C)C(=O)N2c2ccccc2)cc1. The number of amidine groups is 1. The summed E-state index contributed by atoms with van der Waals surface area (Å²) >= 11 is 1.15. The second-order valence-electron chi connectivity index (χ2n) is 5.62. The maximum atomic E-state index is 12.6. The van der Waals surface area contributed by atoms with Crippen molar-refractivity contribution >= 4 is 38.5 Å². The molecule has 2 aromatic carbocycles. The van der Waals surface area contributed by atoms with Gasteiger partial charge in [0.2, 0.25) is 5.91 Å². The Morgan fingerprint density at radius 3 is 2.32 bits per heavy atom. The Labute approximate surface area is 151 Å². The summed E-state index contributed by atoms with van der Waals surface area (Å²) in [5.74, 6) is -0.175. The van der Waals surface area contributed by atoms with E-state index in [2.05, 4.69) is 4.40 Å². The highest BCUT2D eigenvalue weighted by Gasteiger charge is 2.37. The van der Waals surface area contributed by atoms with Crippen LogP contribution < -0.4 is 4.90 Å². The number of carbonyl (C=O) groups is 1. The Kier molecular flexibility index (Phi) is 4.96. The molecular formula is C18H18N2O3S2. The zero-order valence-electron chi connectivity index (χ0n) is 13.9. The molecule has 1 aliphatic heterocycles. The summed E-state index contributed by atoms with van der Waals surface area (Å²) < 4.78 is 29.2. The van der Waals surface area contributed by atoms with Crippen LogP contribution in [0.3, 0.4) is 0 Å². The molecule has 0 radical (unpaired) electrons. The number of nitrogens with zero attached hydrogens (tertiary/aromatic N) is 2. The molecule has 1 unspecified atom stereocenters. The van der Waals surface area contributed by atoms with E-state index in [-0.39, 0.29) is 21.2 Å². The van der Waals surface area contributed by atoms with Crippen molar-refractivity contribution in [3.8, 4) is 0 Å². The van der Waals surface area contributed by atoms with Gasteiger partial charge < -0.3 is 0 Å².